The predicted molar refractivity (Wildman–Crippen MR) is 126 cm³/mol. The topological polar surface area (TPSA) is 29.5 Å². The second kappa shape index (κ2) is 8.08. The van der Waals surface area contributed by atoms with Crippen molar-refractivity contribution in [1.29, 1.82) is 0 Å². The van der Waals surface area contributed by atoms with Gasteiger partial charge >= 0.3 is 176 Å². The van der Waals surface area contributed by atoms with E-state index in [2.05, 4.69) is 88.3 Å². The minimum absolute atomic E-state index is 0.439. The fraction of sp³-hybridized carbons (Fsp3) is 0.250. The van der Waals surface area contributed by atoms with Gasteiger partial charge in [0, 0.05) is 0 Å². The quantitative estimate of drug-likeness (QED) is 0.417. The van der Waals surface area contributed by atoms with Crippen molar-refractivity contribution in [3.63, 3.8) is 0 Å². The molecule has 0 aliphatic heterocycles. The molecule has 0 aromatic heterocycles. The van der Waals surface area contributed by atoms with Crippen molar-refractivity contribution in [2.24, 2.45) is 0 Å². The molecule has 0 heterocycles. The van der Waals surface area contributed by atoms with E-state index >= 15 is 0 Å². The van der Waals surface area contributed by atoms with Crippen molar-refractivity contribution in [2.75, 3.05) is 6.16 Å². The minimum atomic E-state index is -3.16. The van der Waals surface area contributed by atoms with Gasteiger partial charge in [-0.3, -0.25) is 0 Å². The molecule has 0 spiro atoms. The Morgan fingerprint density at radius 2 is 1.07 bits per heavy atom. The van der Waals surface area contributed by atoms with E-state index < -0.39 is 17.2 Å². The zero-order chi connectivity index (χ0) is 20.3. The third-order valence-electron chi connectivity index (χ3n) is 4.87. The molecule has 0 saturated carbocycles. The predicted octanol–water partition coefficient (Wildman–Crippen LogP) is 4.96. The van der Waals surface area contributed by atoms with Crippen molar-refractivity contribution in [1.82, 2.24) is 0 Å². The van der Waals surface area contributed by atoms with Crippen LogP contribution in [0.3, 0.4) is 0 Å². The van der Waals surface area contributed by atoms with Crippen molar-refractivity contribution in [3.8, 4) is 0 Å². The van der Waals surface area contributed by atoms with Crippen molar-refractivity contribution >= 4 is 36.7 Å². The summed E-state index contributed by atoms with van der Waals surface area (Å²) in [5.41, 5.74) is -0.439. The Bertz CT molecular complexity index is 793. The van der Waals surface area contributed by atoms with Crippen LogP contribution in [-0.4, -0.2) is 23.2 Å². The van der Waals surface area contributed by atoms with Crippen LogP contribution >= 0.6 is 20.8 Å². The maximum absolute atomic E-state index is 11.1. The molecular weight excluding hydrogens is 431 g/mol. The van der Waals surface area contributed by atoms with Crippen LogP contribution in [0.2, 0.25) is 0 Å². The number of benzene rings is 3. The summed E-state index contributed by atoms with van der Waals surface area (Å²) in [6, 6.07) is 31.3. The molecule has 0 aliphatic rings. The molecule has 3 rings (SSSR count). The molecule has 0 amide bonds. The third kappa shape index (κ3) is 4.09. The molecule has 3 aromatic rings. The first-order valence-corrected chi connectivity index (χ1v) is 13.9. The van der Waals surface area contributed by atoms with E-state index in [0.717, 1.165) is 0 Å². The Morgan fingerprint density at radius 3 is 1.36 bits per heavy atom. The molecule has 3 aromatic carbocycles. The fourth-order valence-electron chi connectivity index (χ4n) is 3.72. The third-order valence-corrected chi connectivity index (χ3v) is 14.5. The summed E-state index contributed by atoms with van der Waals surface area (Å²) in [7, 11) is 0. The maximum atomic E-state index is 11.1. The van der Waals surface area contributed by atoms with Gasteiger partial charge in [0.05, 0.1) is 0 Å². The van der Waals surface area contributed by atoms with Crippen LogP contribution in [0.4, 0.5) is 0 Å². The molecule has 0 aliphatic carbocycles. The Morgan fingerprint density at radius 1 is 0.750 bits per heavy atom. The summed E-state index contributed by atoms with van der Waals surface area (Å²) in [5, 5.41) is 11.4. The van der Waals surface area contributed by atoms with Gasteiger partial charge in [0.2, 0.25) is 0 Å². The second-order valence-electron chi connectivity index (χ2n) is 8.06. The number of halogens is 1. The van der Waals surface area contributed by atoms with E-state index in [9.17, 15) is 5.11 Å². The summed E-state index contributed by atoms with van der Waals surface area (Å²) in [5.74, 6) is 0. The Labute approximate surface area is 176 Å². The van der Waals surface area contributed by atoms with Gasteiger partial charge < -0.3 is 0 Å². The van der Waals surface area contributed by atoms with Gasteiger partial charge in [0.15, 0.2) is 0 Å². The average molecular weight is 459 g/mol. The molecule has 1 N–H and O–H groups in total. The standard InChI is InChI=1S/C24H28BrO2P/c1-24(2,3)27-23(26)19-28(25,20-13-7-4-8-14-20,21-15-9-5-10-16-21)22-17-11-6-12-18-22/h4-18,23,26H,19H2,1-3H3. The number of aliphatic hydroxyl groups is 1. The fourth-order valence-corrected chi connectivity index (χ4v) is 11.2. The van der Waals surface area contributed by atoms with Crippen LogP contribution in [0, 0.1) is 0 Å². The van der Waals surface area contributed by atoms with E-state index in [1.807, 2.05) is 39.0 Å². The van der Waals surface area contributed by atoms with Gasteiger partial charge in [0.25, 0.3) is 0 Å². The van der Waals surface area contributed by atoms with Crippen LogP contribution in [0.1, 0.15) is 20.8 Å². The summed E-state index contributed by atoms with van der Waals surface area (Å²) < 4.78 is 5.98. The summed E-state index contributed by atoms with van der Waals surface area (Å²) in [6.07, 6.45) is -0.473. The van der Waals surface area contributed by atoms with E-state index in [1.165, 1.54) is 15.9 Å². The zero-order valence-electron chi connectivity index (χ0n) is 16.6. The monoisotopic (exact) mass is 458 g/mol. The molecule has 1 unspecified atom stereocenters. The van der Waals surface area contributed by atoms with E-state index in [0.29, 0.717) is 6.16 Å². The van der Waals surface area contributed by atoms with E-state index in [1.54, 1.807) is 0 Å². The second-order valence-corrected chi connectivity index (χ2v) is 17.0. The van der Waals surface area contributed by atoms with Crippen molar-refractivity contribution in [3.05, 3.63) is 91.0 Å². The average Bonchev–Trinajstić information content (AvgIpc) is 2.68. The summed E-state index contributed by atoms with van der Waals surface area (Å²) in [4.78, 5) is 0. The van der Waals surface area contributed by atoms with E-state index in [4.69, 9.17) is 4.74 Å². The Balaban J connectivity index is 2.31. The van der Waals surface area contributed by atoms with E-state index in [-0.39, 0.29) is 0 Å². The normalized spacial score (nSPS) is 14.8. The first-order valence-electron chi connectivity index (χ1n) is 9.49. The van der Waals surface area contributed by atoms with Gasteiger partial charge in [-0.25, -0.2) is 0 Å². The van der Waals surface area contributed by atoms with Gasteiger partial charge in [-0.05, 0) is 0 Å². The number of aliphatic hydroxyl groups excluding tert-OH is 1. The van der Waals surface area contributed by atoms with Crippen LogP contribution in [0.5, 0.6) is 0 Å². The molecule has 0 fully saturated rings. The molecule has 1 atom stereocenters. The first kappa shape index (κ1) is 21.2. The molecular formula is C24H28BrO2P. The Hall–Kier alpha value is -1.51. The van der Waals surface area contributed by atoms with Gasteiger partial charge in [-0.1, -0.05) is 0 Å². The SMILES string of the molecule is CC(C)(C)OC(O)CP(Br)(c1ccccc1)(c1ccccc1)c1ccccc1. The first-order chi connectivity index (χ1) is 13.2. The number of hydrogen-bond acceptors (Lipinski definition) is 2. The number of hydrogen-bond donors (Lipinski definition) is 1. The van der Waals surface area contributed by atoms with Crippen LogP contribution in [0.25, 0.3) is 0 Å². The summed E-state index contributed by atoms with van der Waals surface area (Å²) >= 11 is 4.32. The number of rotatable bonds is 6. The molecule has 2 nitrogen and oxygen atoms in total. The molecule has 0 radical (unpaired) electrons. The van der Waals surface area contributed by atoms with Gasteiger partial charge in [-0.15, -0.1) is 0 Å². The molecule has 28 heavy (non-hydrogen) atoms. The van der Waals surface area contributed by atoms with Crippen molar-refractivity contribution in [2.45, 2.75) is 32.7 Å². The van der Waals surface area contributed by atoms with Crippen LogP contribution in [0.15, 0.2) is 91.0 Å². The molecule has 0 bridgehead atoms. The number of ether oxygens (including phenoxy) is 1. The van der Waals surface area contributed by atoms with Crippen LogP contribution in [-0.2, 0) is 4.74 Å². The van der Waals surface area contributed by atoms with Gasteiger partial charge in [0.1, 0.15) is 0 Å². The summed E-state index contributed by atoms with van der Waals surface area (Å²) in [6.45, 7) is 5.90. The Kier molecular flexibility index (Phi) is 6.12. The molecule has 148 valence electrons. The van der Waals surface area contributed by atoms with Gasteiger partial charge in [-0.2, -0.15) is 0 Å². The molecule has 0 saturated heterocycles. The zero-order valence-corrected chi connectivity index (χ0v) is 19.1. The van der Waals surface area contributed by atoms with Crippen LogP contribution < -0.4 is 15.9 Å². The molecule has 4 heteroatoms. The van der Waals surface area contributed by atoms with Crippen molar-refractivity contribution < 1.29 is 9.84 Å².